The third-order valence-corrected chi connectivity index (χ3v) is 2.94. The zero-order valence-electron chi connectivity index (χ0n) is 8.63. The molecule has 1 aliphatic rings. The summed E-state index contributed by atoms with van der Waals surface area (Å²) in [7, 11) is 0. The van der Waals surface area contributed by atoms with Gasteiger partial charge in [-0.3, -0.25) is 0 Å². The first-order chi connectivity index (χ1) is 6.95. The first-order valence-corrected chi connectivity index (χ1v) is 5.71. The van der Waals surface area contributed by atoms with E-state index in [1.165, 1.54) is 44.9 Å². The van der Waals surface area contributed by atoms with Gasteiger partial charge in [-0.2, -0.15) is 0 Å². The van der Waals surface area contributed by atoms with E-state index in [9.17, 15) is 0 Å². The van der Waals surface area contributed by atoms with E-state index >= 15 is 0 Å². The average molecular weight is 193 g/mol. The number of anilines is 1. The highest BCUT2D eigenvalue weighted by molar-refractivity contribution is 5.24. The van der Waals surface area contributed by atoms with Gasteiger partial charge in [0.05, 0.1) is 0 Å². The lowest BCUT2D eigenvalue weighted by atomic mass is 9.97. The number of H-pyrrole nitrogens is 1. The van der Waals surface area contributed by atoms with Crippen molar-refractivity contribution in [3.05, 3.63) is 12.4 Å². The van der Waals surface area contributed by atoms with Crippen molar-refractivity contribution in [2.24, 2.45) is 0 Å². The largest absolute Gasteiger partial charge is 0.353 e. The maximum atomic E-state index is 4.20. The summed E-state index contributed by atoms with van der Waals surface area (Å²) >= 11 is 0. The molecule has 1 aromatic rings. The Balaban J connectivity index is 1.83. The minimum Gasteiger partial charge on any atom is -0.353 e. The van der Waals surface area contributed by atoms with E-state index in [-0.39, 0.29) is 0 Å². The lowest BCUT2D eigenvalue weighted by Gasteiger charge is -2.20. The molecule has 1 fully saturated rings. The molecule has 0 saturated heterocycles. The number of nitrogens with zero attached hydrogens (tertiary/aromatic N) is 1. The van der Waals surface area contributed by atoms with Gasteiger partial charge in [-0.1, -0.05) is 32.1 Å². The van der Waals surface area contributed by atoms with Crippen LogP contribution in [-0.2, 0) is 0 Å². The summed E-state index contributed by atoms with van der Waals surface area (Å²) in [5.74, 6) is 0.926. The Hall–Kier alpha value is -0.990. The van der Waals surface area contributed by atoms with Crippen LogP contribution in [0.3, 0.4) is 0 Å². The summed E-state index contributed by atoms with van der Waals surface area (Å²) in [6.45, 7) is 0. The van der Waals surface area contributed by atoms with Crippen LogP contribution in [0.4, 0.5) is 5.95 Å². The molecular formula is C11H19N3. The summed E-state index contributed by atoms with van der Waals surface area (Å²) < 4.78 is 0. The fraction of sp³-hybridized carbons (Fsp3) is 0.727. The average Bonchev–Trinajstić information content (AvgIpc) is 2.62. The molecule has 1 aromatic heterocycles. The Morgan fingerprint density at radius 2 is 1.86 bits per heavy atom. The highest BCUT2D eigenvalue weighted by atomic mass is 15.1. The highest BCUT2D eigenvalue weighted by Crippen LogP contribution is 2.19. The van der Waals surface area contributed by atoms with Gasteiger partial charge in [-0.15, -0.1) is 0 Å². The van der Waals surface area contributed by atoms with Crippen molar-refractivity contribution >= 4 is 5.95 Å². The molecule has 0 radical (unpaired) electrons. The highest BCUT2D eigenvalue weighted by Gasteiger charge is 2.11. The standard InChI is InChI=1S/C11H19N3/c1-2-4-6-10(7-5-3-1)14-11-12-8-9-13-11/h8-10H,1-7H2,(H2,12,13,14). The van der Waals surface area contributed by atoms with Crippen molar-refractivity contribution in [1.29, 1.82) is 0 Å². The Kier molecular flexibility index (Phi) is 3.44. The molecule has 0 spiro atoms. The summed E-state index contributed by atoms with van der Waals surface area (Å²) in [6, 6.07) is 0.626. The summed E-state index contributed by atoms with van der Waals surface area (Å²) in [5, 5.41) is 3.46. The Bertz CT molecular complexity index is 235. The van der Waals surface area contributed by atoms with Gasteiger partial charge in [-0.05, 0) is 12.8 Å². The quantitative estimate of drug-likeness (QED) is 0.758. The molecule has 0 aromatic carbocycles. The molecule has 0 atom stereocenters. The van der Waals surface area contributed by atoms with Crippen molar-refractivity contribution in [3.8, 4) is 0 Å². The lowest BCUT2D eigenvalue weighted by molar-refractivity contribution is 0.470. The topological polar surface area (TPSA) is 40.7 Å². The molecular weight excluding hydrogens is 174 g/mol. The third kappa shape index (κ3) is 2.76. The molecule has 1 aliphatic carbocycles. The number of nitrogens with one attached hydrogen (secondary N) is 2. The van der Waals surface area contributed by atoms with E-state index in [0.717, 1.165) is 5.95 Å². The van der Waals surface area contributed by atoms with Gasteiger partial charge in [0.1, 0.15) is 0 Å². The first kappa shape index (κ1) is 9.56. The molecule has 1 heterocycles. The van der Waals surface area contributed by atoms with Gasteiger partial charge in [0, 0.05) is 18.4 Å². The van der Waals surface area contributed by atoms with Crippen LogP contribution in [0, 0.1) is 0 Å². The van der Waals surface area contributed by atoms with Gasteiger partial charge in [0.2, 0.25) is 0 Å². The molecule has 0 aliphatic heterocycles. The van der Waals surface area contributed by atoms with Gasteiger partial charge in [-0.25, -0.2) is 4.98 Å². The van der Waals surface area contributed by atoms with E-state index < -0.39 is 0 Å². The van der Waals surface area contributed by atoms with Crippen molar-refractivity contribution in [3.63, 3.8) is 0 Å². The second-order valence-corrected chi connectivity index (χ2v) is 4.12. The number of aromatic amines is 1. The molecule has 0 unspecified atom stereocenters. The normalized spacial score (nSPS) is 20.0. The third-order valence-electron chi connectivity index (χ3n) is 2.94. The number of hydrogen-bond acceptors (Lipinski definition) is 2. The molecule has 3 heteroatoms. The molecule has 1 saturated carbocycles. The van der Waals surface area contributed by atoms with E-state index in [2.05, 4.69) is 15.3 Å². The SMILES string of the molecule is c1c[nH]c(NC2CCCCCCC2)n1. The predicted octanol–water partition coefficient (Wildman–Crippen LogP) is 2.93. The molecule has 0 amide bonds. The fourth-order valence-corrected chi connectivity index (χ4v) is 2.14. The summed E-state index contributed by atoms with van der Waals surface area (Å²) in [6.07, 6.45) is 13.2. The van der Waals surface area contributed by atoms with Crippen molar-refractivity contribution in [2.75, 3.05) is 5.32 Å². The number of rotatable bonds is 2. The second kappa shape index (κ2) is 5.03. The molecule has 3 nitrogen and oxygen atoms in total. The molecule has 2 N–H and O–H groups in total. The number of imidazole rings is 1. The smallest absolute Gasteiger partial charge is 0.200 e. The Morgan fingerprint density at radius 3 is 2.50 bits per heavy atom. The summed E-state index contributed by atoms with van der Waals surface area (Å²) in [5.41, 5.74) is 0. The number of hydrogen-bond donors (Lipinski definition) is 2. The monoisotopic (exact) mass is 193 g/mol. The zero-order valence-corrected chi connectivity index (χ0v) is 8.63. The minimum atomic E-state index is 0.626. The van der Waals surface area contributed by atoms with Gasteiger partial charge in [0.25, 0.3) is 0 Å². The van der Waals surface area contributed by atoms with E-state index in [1.54, 1.807) is 6.20 Å². The van der Waals surface area contributed by atoms with Gasteiger partial charge < -0.3 is 10.3 Å². The predicted molar refractivity (Wildman–Crippen MR) is 58.3 cm³/mol. The van der Waals surface area contributed by atoms with Crippen LogP contribution in [0.25, 0.3) is 0 Å². The fourth-order valence-electron chi connectivity index (χ4n) is 2.14. The zero-order chi connectivity index (χ0) is 9.64. The molecule has 78 valence electrons. The molecule has 14 heavy (non-hydrogen) atoms. The van der Waals surface area contributed by atoms with Crippen LogP contribution >= 0.6 is 0 Å². The van der Waals surface area contributed by atoms with Crippen LogP contribution in [0.15, 0.2) is 12.4 Å². The maximum absolute atomic E-state index is 4.20. The Labute approximate surface area is 85.3 Å². The van der Waals surface area contributed by atoms with Crippen molar-refractivity contribution in [2.45, 2.75) is 51.0 Å². The number of aromatic nitrogens is 2. The van der Waals surface area contributed by atoms with Crippen LogP contribution in [0.2, 0.25) is 0 Å². The van der Waals surface area contributed by atoms with E-state index in [0.29, 0.717) is 6.04 Å². The van der Waals surface area contributed by atoms with Crippen molar-refractivity contribution in [1.82, 2.24) is 9.97 Å². The van der Waals surface area contributed by atoms with E-state index in [4.69, 9.17) is 0 Å². The minimum absolute atomic E-state index is 0.626. The molecule has 2 rings (SSSR count). The van der Waals surface area contributed by atoms with Crippen LogP contribution < -0.4 is 5.32 Å². The first-order valence-electron chi connectivity index (χ1n) is 5.71. The van der Waals surface area contributed by atoms with Gasteiger partial charge >= 0.3 is 0 Å². The Morgan fingerprint density at radius 1 is 1.14 bits per heavy atom. The maximum Gasteiger partial charge on any atom is 0.200 e. The van der Waals surface area contributed by atoms with Crippen LogP contribution in [0.1, 0.15) is 44.9 Å². The molecule has 0 bridgehead atoms. The lowest BCUT2D eigenvalue weighted by Crippen LogP contribution is -2.21. The second-order valence-electron chi connectivity index (χ2n) is 4.12. The van der Waals surface area contributed by atoms with Crippen LogP contribution in [-0.4, -0.2) is 16.0 Å². The van der Waals surface area contributed by atoms with Crippen LogP contribution in [0.5, 0.6) is 0 Å². The van der Waals surface area contributed by atoms with Gasteiger partial charge in [0.15, 0.2) is 5.95 Å². The summed E-state index contributed by atoms with van der Waals surface area (Å²) in [4.78, 5) is 7.30. The van der Waals surface area contributed by atoms with E-state index in [1.807, 2.05) is 6.20 Å². The van der Waals surface area contributed by atoms with Crippen molar-refractivity contribution < 1.29 is 0 Å².